The second-order valence-corrected chi connectivity index (χ2v) is 7.34. The average molecular weight is 458 g/mol. The first-order valence-electron chi connectivity index (χ1n) is 10.1. The van der Waals surface area contributed by atoms with Crippen LogP contribution in [0.25, 0.3) is 5.41 Å². The molecule has 1 atom stereocenters. The Kier molecular flexibility index (Phi) is 9.97. The van der Waals surface area contributed by atoms with Crippen LogP contribution in [0.3, 0.4) is 0 Å². The van der Waals surface area contributed by atoms with Crippen LogP contribution >= 0.6 is 12.2 Å². The lowest BCUT2D eigenvalue weighted by Crippen LogP contribution is -2.87. The molecular formula is C23H27N3O5S. The first-order chi connectivity index (χ1) is 15.4. The molecule has 1 saturated heterocycles. The second-order valence-electron chi connectivity index (χ2n) is 6.93. The van der Waals surface area contributed by atoms with E-state index in [-0.39, 0.29) is 17.2 Å². The summed E-state index contributed by atoms with van der Waals surface area (Å²) >= 11 is 5.25. The zero-order valence-corrected chi connectivity index (χ0v) is 19.0. The van der Waals surface area contributed by atoms with Crippen LogP contribution in [0.2, 0.25) is 0 Å². The Hall–Kier alpha value is -3.10. The fourth-order valence-electron chi connectivity index (χ4n) is 3.24. The number of nitrogens with two attached hydrogens (primary N) is 1. The van der Waals surface area contributed by atoms with E-state index < -0.39 is 17.9 Å². The number of nitrogens with one attached hydrogen (secondary N) is 1. The number of rotatable bonds is 5. The molecule has 32 heavy (non-hydrogen) atoms. The van der Waals surface area contributed by atoms with Gasteiger partial charge in [0.25, 0.3) is 0 Å². The van der Waals surface area contributed by atoms with Crippen LogP contribution in [0, 0.1) is 0 Å². The van der Waals surface area contributed by atoms with E-state index in [0.29, 0.717) is 22.4 Å². The van der Waals surface area contributed by atoms with Gasteiger partial charge in [0, 0.05) is 11.3 Å². The Labute approximate surface area is 192 Å². The Balaban J connectivity index is 0.000000520. The predicted octanol–water partition coefficient (Wildman–Crippen LogP) is 1.24. The molecule has 1 fully saturated rings. The summed E-state index contributed by atoms with van der Waals surface area (Å²) in [5, 5.41) is 14.7. The number of benzene rings is 1. The molecule has 0 bridgehead atoms. The Morgan fingerprint density at radius 3 is 2.44 bits per heavy atom. The number of thiocarbonyl (C=S) groups is 1. The Bertz CT molecular complexity index is 933. The van der Waals surface area contributed by atoms with Gasteiger partial charge in [-0.15, -0.1) is 0 Å². The molecule has 0 aliphatic carbocycles. The fraction of sp³-hybridized carbons (Fsp3) is 0.348. The number of carbonyl (C=O) groups is 2. The molecule has 0 saturated carbocycles. The molecular weight excluding hydrogens is 430 g/mol. The van der Waals surface area contributed by atoms with Crippen LogP contribution in [0.15, 0.2) is 53.8 Å². The average Bonchev–Trinajstić information content (AvgIpc) is 2.83. The summed E-state index contributed by atoms with van der Waals surface area (Å²) < 4.78 is 14.9. The predicted molar refractivity (Wildman–Crippen MR) is 124 cm³/mol. The van der Waals surface area contributed by atoms with Gasteiger partial charge in [-0.05, 0) is 24.6 Å². The number of methoxy groups -OCH3 is 1. The summed E-state index contributed by atoms with van der Waals surface area (Å²) in [5.74, 6) is 0.353. The smallest absolute Gasteiger partial charge is 0.337 e. The van der Waals surface area contributed by atoms with Crippen LogP contribution in [-0.4, -0.2) is 62.8 Å². The molecule has 0 aromatic heterocycles. The molecule has 9 heteroatoms. The maximum Gasteiger partial charge on any atom is 0.337 e. The first-order valence-corrected chi connectivity index (χ1v) is 10.5. The van der Waals surface area contributed by atoms with Crippen molar-refractivity contribution in [2.24, 2.45) is 0 Å². The third-order valence-electron chi connectivity index (χ3n) is 4.80. The molecule has 0 spiro atoms. The van der Waals surface area contributed by atoms with Gasteiger partial charge in [-0.3, -0.25) is 5.87 Å². The highest BCUT2D eigenvalue weighted by molar-refractivity contribution is 7.80. The molecule has 1 unspecified atom stereocenters. The highest BCUT2D eigenvalue weighted by Gasteiger charge is 2.34. The van der Waals surface area contributed by atoms with E-state index in [1.165, 1.54) is 13.2 Å². The monoisotopic (exact) mass is 457 g/mol. The number of ether oxygens (including phenoxy) is 3. The molecule has 2 aliphatic heterocycles. The van der Waals surface area contributed by atoms with E-state index in [0.717, 1.165) is 26.3 Å². The summed E-state index contributed by atoms with van der Waals surface area (Å²) in [6, 6.07) is 6.47. The molecule has 3 rings (SSSR count). The minimum atomic E-state index is -0.683. The maximum atomic E-state index is 12.5. The second kappa shape index (κ2) is 12.7. The first kappa shape index (κ1) is 25.2. The lowest BCUT2D eigenvalue weighted by Gasteiger charge is -2.30. The van der Waals surface area contributed by atoms with Gasteiger partial charge in [0.1, 0.15) is 11.6 Å². The Morgan fingerprint density at radius 1 is 1.31 bits per heavy atom. The number of esters is 2. The van der Waals surface area contributed by atoms with E-state index in [2.05, 4.69) is 27.8 Å². The summed E-state index contributed by atoms with van der Waals surface area (Å²) in [7, 11) is 1.29. The van der Waals surface area contributed by atoms with E-state index in [9.17, 15) is 15.0 Å². The van der Waals surface area contributed by atoms with E-state index in [4.69, 9.17) is 21.7 Å². The van der Waals surface area contributed by atoms with Gasteiger partial charge in [-0.25, -0.2) is 9.59 Å². The van der Waals surface area contributed by atoms with Gasteiger partial charge in [0.15, 0.2) is 0 Å². The molecule has 1 aromatic rings. The van der Waals surface area contributed by atoms with Gasteiger partial charge < -0.3 is 30.3 Å². The molecule has 8 nitrogen and oxygen atoms in total. The lowest BCUT2D eigenvalue weighted by atomic mass is 9.81. The largest absolute Gasteiger partial charge is 0.763 e. The van der Waals surface area contributed by atoms with Crippen molar-refractivity contribution in [2.75, 3.05) is 40.0 Å². The summed E-state index contributed by atoms with van der Waals surface area (Å²) in [6.45, 7) is 9.46. The summed E-state index contributed by atoms with van der Waals surface area (Å²) in [4.78, 5) is 24.4. The van der Waals surface area contributed by atoms with Crippen LogP contribution in [-0.2, 0) is 19.0 Å². The quantitative estimate of drug-likeness (QED) is 0.225. The number of nitrogens with zero attached hydrogens (tertiary/aromatic N) is 1. The SMILES string of the molecule is C1COCC[NH2+]1.C=CCOC(=O)C1=C(C)NC(=S)C(=C=[N-])C1c1ccc(C(=O)OC)cc1. The van der Waals surface area contributed by atoms with E-state index in [1.54, 1.807) is 31.2 Å². The molecule has 0 radical (unpaired) electrons. The third-order valence-corrected chi connectivity index (χ3v) is 5.12. The molecule has 170 valence electrons. The highest BCUT2D eigenvalue weighted by Crippen LogP contribution is 2.36. The van der Waals surface area contributed by atoms with Crippen molar-refractivity contribution in [3.63, 3.8) is 0 Å². The molecule has 0 amide bonds. The third kappa shape index (κ3) is 6.45. The van der Waals surface area contributed by atoms with E-state index in [1.807, 2.05) is 0 Å². The highest BCUT2D eigenvalue weighted by atomic mass is 32.1. The van der Waals surface area contributed by atoms with Crippen LogP contribution < -0.4 is 10.6 Å². The zero-order valence-electron chi connectivity index (χ0n) is 18.2. The number of allylic oxidation sites excluding steroid dienone is 1. The number of hydrogen-bond acceptors (Lipinski definition) is 6. The molecule has 3 N–H and O–H groups in total. The minimum Gasteiger partial charge on any atom is -0.763 e. The number of carbonyl (C=O) groups excluding carboxylic acids is 2. The number of quaternary nitrogens is 1. The number of morpholine rings is 1. The minimum absolute atomic E-state index is 0.0515. The Morgan fingerprint density at radius 2 is 1.97 bits per heavy atom. The van der Waals surface area contributed by atoms with Crippen molar-refractivity contribution >= 4 is 35.0 Å². The van der Waals surface area contributed by atoms with Crippen molar-refractivity contribution in [1.82, 2.24) is 5.32 Å². The summed E-state index contributed by atoms with van der Waals surface area (Å²) in [5.41, 5.74) is 2.06. The fourth-order valence-corrected chi connectivity index (χ4v) is 3.55. The van der Waals surface area contributed by atoms with Gasteiger partial charge in [-0.2, -0.15) is 0 Å². The van der Waals surface area contributed by atoms with Gasteiger partial charge in [-0.1, -0.05) is 37.0 Å². The van der Waals surface area contributed by atoms with Crippen molar-refractivity contribution in [3.8, 4) is 0 Å². The topological polar surface area (TPSA) is 113 Å². The van der Waals surface area contributed by atoms with Crippen LogP contribution in [0.4, 0.5) is 0 Å². The lowest BCUT2D eigenvalue weighted by molar-refractivity contribution is -0.670. The van der Waals surface area contributed by atoms with Crippen molar-refractivity contribution in [1.29, 1.82) is 0 Å². The summed E-state index contributed by atoms with van der Waals surface area (Å²) in [6.07, 6.45) is 1.46. The molecule has 2 heterocycles. The van der Waals surface area contributed by atoms with Gasteiger partial charge in [0.2, 0.25) is 0 Å². The van der Waals surface area contributed by atoms with Gasteiger partial charge >= 0.3 is 11.9 Å². The molecule has 2 aliphatic rings. The van der Waals surface area contributed by atoms with Crippen molar-refractivity contribution < 1.29 is 29.1 Å². The van der Waals surface area contributed by atoms with Crippen LogP contribution in [0.1, 0.15) is 28.8 Å². The standard InChI is InChI=1S/C19H17N2O4S.C4H9NO/c1-4-9-25-19(23)15-11(2)21-17(26)14(10-20)16(15)12-5-7-13(8-6-12)18(22)24-3;1-3-6-4-2-5-1/h4-8,16H,1,9H2,2-3H3,(H,21,26);5H,1-4H2/q-1;/p+1. The van der Waals surface area contributed by atoms with Gasteiger partial charge in [0.05, 0.1) is 50.5 Å². The van der Waals surface area contributed by atoms with Crippen LogP contribution in [0.5, 0.6) is 0 Å². The number of hydrogen-bond donors (Lipinski definition) is 2. The van der Waals surface area contributed by atoms with E-state index >= 15 is 0 Å². The normalized spacial score (nSPS) is 17.9. The van der Waals surface area contributed by atoms with Crippen molar-refractivity contribution in [3.05, 3.63) is 70.3 Å². The van der Waals surface area contributed by atoms with Crippen molar-refractivity contribution in [2.45, 2.75) is 12.8 Å². The maximum absolute atomic E-state index is 12.5. The molecule has 1 aromatic carbocycles. The zero-order chi connectivity index (χ0) is 23.5.